The van der Waals surface area contributed by atoms with E-state index in [2.05, 4.69) is 21.7 Å². The van der Waals surface area contributed by atoms with Crippen LogP contribution in [0.2, 0.25) is 0 Å². The van der Waals surface area contributed by atoms with Gasteiger partial charge in [-0.05, 0) is 39.2 Å². The first kappa shape index (κ1) is 20.1. The summed E-state index contributed by atoms with van der Waals surface area (Å²) in [4.78, 5) is 12.6. The zero-order chi connectivity index (χ0) is 19.8. The molecule has 0 aromatic carbocycles. The van der Waals surface area contributed by atoms with E-state index in [0.29, 0.717) is 23.8 Å². The summed E-state index contributed by atoms with van der Waals surface area (Å²) in [5, 5.41) is 9.08. The fourth-order valence-corrected chi connectivity index (χ4v) is 6.39. The average molecular weight is 411 g/mol. The number of rotatable bonds is 7. The van der Waals surface area contributed by atoms with Crippen LogP contribution in [-0.2, 0) is 29.9 Å². The SMILES string of the molecule is CCn1c(C)cc(C(=O)CSc2nnc(C[C@@H]3CCS(=O)(=O)C3)n2C)c1C. The quantitative estimate of drug-likeness (QED) is 0.514. The number of ketones is 1. The van der Waals surface area contributed by atoms with Gasteiger partial charge in [-0.15, -0.1) is 10.2 Å². The van der Waals surface area contributed by atoms with E-state index < -0.39 is 9.84 Å². The maximum Gasteiger partial charge on any atom is 0.191 e. The van der Waals surface area contributed by atoms with Crippen LogP contribution in [-0.4, -0.2) is 50.8 Å². The van der Waals surface area contributed by atoms with Crippen molar-refractivity contribution in [2.45, 2.75) is 45.3 Å². The molecule has 7 nitrogen and oxygen atoms in total. The second-order valence-corrected chi connectivity index (χ2v) is 10.3. The van der Waals surface area contributed by atoms with Gasteiger partial charge in [-0.3, -0.25) is 4.79 Å². The minimum atomic E-state index is -2.89. The summed E-state index contributed by atoms with van der Waals surface area (Å²) >= 11 is 1.37. The molecule has 9 heteroatoms. The Bertz CT molecular complexity index is 960. The molecule has 3 heterocycles. The molecular formula is C18H26N4O3S2. The van der Waals surface area contributed by atoms with E-state index in [0.717, 1.165) is 29.3 Å². The second kappa shape index (κ2) is 7.79. The fourth-order valence-electron chi connectivity index (χ4n) is 3.72. The van der Waals surface area contributed by atoms with Crippen molar-refractivity contribution >= 4 is 27.4 Å². The van der Waals surface area contributed by atoms with E-state index in [-0.39, 0.29) is 23.2 Å². The van der Waals surface area contributed by atoms with E-state index in [9.17, 15) is 13.2 Å². The zero-order valence-corrected chi connectivity index (χ0v) is 17.9. The lowest BCUT2D eigenvalue weighted by Crippen LogP contribution is -2.11. The Hall–Kier alpha value is -1.61. The average Bonchev–Trinajstić information content (AvgIpc) is 3.22. The highest BCUT2D eigenvalue weighted by molar-refractivity contribution is 7.99. The molecule has 148 valence electrons. The van der Waals surface area contributed by atoms with E-state index in [1.807, 2.05) is 31.5 Å². The number of aromatic nitrogens is 4. The summed E-state index contributed by atoms with van der Waals surface area (Å²) < 4.78 is 27.3. The smallest absolute Gasteiger partial charge is 0.191 e. The molecule has 0 unspecified atom stereocenters. The third-order valence-corrected chi connectivity index (χ3v) is 8.10. The van der Waals surface area contributed by atoms with Crippen LogP contribution in [0.15, 0.2) is 11.2 Å². The predicted molar refractivity (Wildman–Crippen MR) is 106 cm³/mol. The molecule has 1 atom stereocenters. The van der Waals surface area contributed by atoms with Gasteiger partial charge in [-0.2, -0.15) is 0 Å². The first-order valence-electron chi connectivity index (χ1n) is 9.13. The highest BCUT2D eigenvalue weighted by Gasteiger charge is 2.29. The molecule has 2 aromatic heterocycles. The number of carbonyl (C=O) groups excluding carboxylic acids is 1. The van der Waals surface area contributed by atoms with E-state index in [1.54, 1.807) is 0 Å². The summed E-state index contributed by atoms with van der Waals surface area (Å²) in [6, 6.07) is 1.95. The van der Waals surface area contributed by atoms with Gasteiger partial charge >= 0.3 is 0 Å². The first-order valence-corrected chi connectivity index (χ1v) is 11.9. The van der Waals surface area contributed by atoms with Crippen molar-refractivity contribution in [3.63, 3.8) is 0 Å². The van der Waals surface area contributed by atoms with Crippen LogP contribution >= 0.6 is 11.8 Å². The highest BCUT2D eigenvalue weighted by Crippen LogP contribution is 2.25. The van der Waals surface area contributed by atoms with Crippen LogP contribution in [0.3, 0.4) is 0 Å². The Morgan fingerprint density at radius 2 is 2.07 bits per heavy atom. The van der Waals surface area contributed by atoms with Crippen LogP contribution in [0.4, 0.5) is 0 Å². The molecule has 27 heavy (non-hydrogen) atoms. The minimum Gasteiger partial charge on any atom is -0.349 e. The molecule has 0 saturated carbocycles. The molecule has 2 aromatic rings. The van der Waals surface area contributed by atoms with Crippen molar-refractivity contribution in [3.05, 3.63) is 28.8 Å². The number of aryl methyl sites for hydroxylation is 1. The third kappa shape index (κ3) is 4.29. The molecular weight excluding hydrogens is 384 g/mol. The number of carbonyl (C=O) groups is 1. The van der Waals surface area contributed by atoms with Gasteiger partial charge in [0.25, 0.3) is 0 Å². The van der Waals surface area contributed by atoms with Crippen LogP contribution in [0.5, 0.6) is 0 Å². The number of Topliss-reactive ketones (excluding diaryl/α,β-unsaturated/α-hetero) is 1. The number of nitrogens with zero attached hydrogens (tertiary/aromatic N) is 4. The largest absolute Gasteiger partial charge is 0.349 e. The van der Waals surface area contributed by atoms with Crippen molar-refractivity contribution in [2.75, 3.05) is 17.3 Å². The number of thioether (sulfide) groups is 1. The number of sulfone groups is 1. The lowest BCUT2D eigenvalue weighted by molar-refractivity contribution is 0.102. The first-order chi connectivity index (χ1) is 12.7. The van der Waals surface area contributed by atoms with Crippen LogP contribution < -0.4 is 0 Å². The van der Waals surface area contributed by atoms with Gasteiger partial charge in [0.15, 0.2) is 20.8 Å². The molecule has 1 fully saturated rings. The molecule has 0 N–H and O–H groups in total. The molecule has 0 amide bonds. The van der Waals surface area contributed by atoms with E-state index >= 15 is 0 Å². The summed E-state index contributed by atoms with van der Waals surface area (Å²) in [7, 11) is -1.02. The summed E-state index contributed by atoms with van der Waals surface area (Å²) in [5.41, 5.74) is 2.86. The summed E-state index contributed by atoms with van der Waals surface area (Å²) in [6.07, 6.45) is 1.29. The monoisotopic (exact) mass is 410 g/mol. The molecule has 0 aliphatic carbocycles. The van der Waals surface area contributed by atoms with Crippen LogP contribution in [0.1, 0.15) is 40.9 Å². The minimum absolute atomic E-state index is 0.0826. The highest BCUT2D eigenvalue weighted by atomic mass is 32.2. The van der Waals surface area contributed by atoms with Gasteiger partial charge in [0, 0.05) is 37.0 Å². The Morgan fingerprint density at radius 3 is 2.67 bits per heavy atom. The maximum atomic E-state index is 12.6. The molecule has 3 rings (SSSR count). The van der Waals surface area contributed by atoms with Crippen LogP contribution in [0.25, 0.3) is 0 Å². The Morgan fingerprint density at radius 1 is 1.33 bits per heavy atom. The fraction of sp³-hybridized carbons (Fsp3) is 0.611. The lowest BCUT2D eigenvalue weighted by atomic mass is 10.1. The normalized spacial score (nSPS) is 18.9. The van der Waals surface area contributed by atoms with Gasteiger partial charge in [0.1, 0.15) is 5.82 Å². The zero-order valence-electron chi connectivity index (χ0n) is 16.2. The number of hydrogen-bond acceptors (Lipinski definition) is 6. The maximum absolute atomic E-state index is 12.6. The summed E-state index contributed by atoms with van der Waals surface area (Å²) in [5.74, 6) is 1.76. The van der Waals surface area contributed by atoms with Crippen molar-refractivity contribution < 1.29 is 13.2 Å². The third-order valence-electron chi connectivity index (χ3n) is 5.25. The lowest BCUT2D eigenvalue weighted by Gasteiger charge is -2.08. The predicted octanol–water partition coefficient (Wildman–Crippen LogP) is 2.21. The Balaban J connectivity index is 1.64. The molecule has 0 bridgehead atoms. The second-order valence-electron chi connectivity index (χ2n) is 7.17. The van der Waals surface area contributed by atoms with Gasteiger partial charge in [0.05, 0.1) is 17.3 Å². The van der Waals surface area contributed by atoms with Crippen LogP contribution in [0, 0.1) is 19.8 Å². The van der Waals surface area contributed by atoms with E-state index in [1.165, 1.54) is 11.8 Å². The standard InChI is InChI=1S/C18H26N4O3S2/c1-5-22-12(2)8-15(13(22)3)16(23)10-26-18-20-19-17(21(18)4)9-14-6-7-27(24,25)11-14/h8,14H,5-7,9-11H2,1-4H3/t14-/m0/s1. The van der Waals surface area contributed by atoms with Crippen molar-refractivity contribution in [2.24, 2.45) is 13.0 Å². The Kier molecular flexibility index (Phi) is 5.81. The van der Waals surface area contributed by atoms with Gasteiger partial charge in [-0.1, -0.05) is 11.8 Å². The van der Waals surface area contributed by atoms with Gasteiger partial charge < -0.3 is 9.13 Å². The molecule has 0 spiro atoms. The van der Waals surface area contributed by atoms with Crippen molar-refractivity contribution in [3.8, 4) is 0 Å². The van der Waals surface area contributed by atoms with Gasteiger partial charge in [-0.25, -0.2) is 8.42 Å². The molecule has 0 radical (unpaired) electrons. The molecule has 1 aliphatic heterocycles. The topological polar surface area (TPSA) is 86.8 Å². The van der Waals surface area contributed by atoms with Gasteiger partial charge in [0.2, 0.25) is 0 Å². The van der Waals surface area contributed by atoms with Crippen molar-refractivity contribution in [1.82, 2.24) is 19.3 Å². The van der Waals surface area contributed by atoms with E-state index in [4.69, 9.17) is 0 Å². The summed E-state index contributed by atoms with van der Waals surface area (Å²) in [6.45, 7) is 6.91. The Labute approximate surface area is 164 Å². The number of hydrogen-bond donors (Lipinski definition) is 0. The molecule has 1 saturated heterocycles. The molecule has 1 aliphatic rings. The van der Waals surface area contributed by atoms with Crippen molar-refractivity contribution in [1.29, 1.82) is 0 Å².